The maximum Gasteiger partial charge on any atom is 0.341 e. The van der Waals surface area contributed by atoms with E-state index in [0.29, 0.717) is 17.1 Å². The SMILES string of the molecule is COC(=O)c1cc2c(cc1OC)CCc1c-2ccc(OC)c1OC. The summed E-state index contributed by atoms with van der Waals surface area (Å²) in [6.07, 6.45) is 1.67. The van der Waals surface area contributed by atoms with Gasteiger partial charge in [0.15, 0.2) is 11.5 Å². The summed E-state index contributed by atoms with van der Waals surface area (Å²) in [7, 11) is 6.19. The van der Waals surface area contributed by atoms with Crippen molar-refractivity contribution in [3.8, 4) is 28.4 Å². The van der Waals surface area contributed by atoms with Gasteiger partial charge in [0.2, 0.25) is 0 Å². The Hall–Kier alpha value is -2.69. The number of carbonyl (C=O) groups is 1. The maximum atomic E-state index is 12.1. The first kappa shape index (κ1) is 16.2. The molecule has 0 radical (unpaired) electrons. The molecule has 0 amide bonds. The van der Waals surface area contributed by atoms with E-state index < -0.39 is 5.97 Å². The fourth-order valence-electron chi connectivity index (χ4n) is 3.27. The summed E-state index contributed by atoms with van der Waals surface area (Å²) in [4.78, 5) is 12.1. The summed E-state index contributed by atoms with van der Waals surface area (Å²) < 4.78 is 21.2. The molecule has 0 bridgehead atoms. The molecule has 0 aromatic heterocycles. The van der Waals surface area contributed by atoms with E-state index >= 15 is 0 Å². The number of ether oxygens (including phenoxy) is 4. The van der Waals surface area contributed by atoms with Crippen LogP contribution in [0.1, 0.15) is 21.5 Å². The van der Waals surface area contributed by atoms with Crippen LogP contribution in [0.4, 0.5) is 0 Å². The van der Waals surface area contributed by atoms with Crippen LogP contribution in [0.2, 0.25) is 0 Å². The van der Waals surface area contributed by atoms with Crippen LogP contribution in [0.5, 0.6) is 17.2 Å². The number of carbonyl (C=O) groups excluding carboxylic acids is 1. The summed E-state index contributed by atoms with van der Waals surface area (Å²) >= 11 is 0. The highest BCUT2D eigenvalue weighted by Crippen LogP contribution is 2.44. The lowest BCUT2D eigenvalue weighted by molar-refractivity contribution is 0.0597. The minimum absolute atomic E-state index is 0.415. The molecular formula is C19H20O5. The van der Waals surface area contributed by atoms with Crippen molar-refractivity contribution in [3.05, 3.63) is 41.0 Å². The average Bonchev–Trinajstić information content (AvgIpc) is 2.64. The smallest absolute Gasteiger partial charge is 0.341 e. The van der Waals surface area contributed by atoms with E-state index in [1.807, 2.05) is 24.3 Å². The summed E-state index contributed by atoms with van der Waals surface area (Å²) in [5, 5.41) is 0. The van der Waals surface area contributed by atoms with Crippen LogP contribution >= 0.6 is 0 Å². The topological polar surface area (TPSA) is 54.0 Å². The van der Waals surface area contributed by atoms with Crippen molar-refractivity contribution in [2.24, 2.45) is 0 Å². The molecule has 0 saturated heterocycles. The van der Waals surface area contributed by atoms with Crippen LogP contribution in [0.25, 0.3) is 11.1 Å². The van der Waals surface area contributed by atoms with E-state index in [1.165, 1.54) is 7.11 Å². The van der Waals surface area contributed by atoms with Gasteiger partial charge in [-0.25, -0.2) is 4.79 Å². The molecule has 0 N–H and O–H groups in total. The predicted octanol–water partition coefficient (Wildman–Crippen LogP) is 3.26. The fourth-order valence-corrected chi connectivity index (χ4v) is 3.27. The van der Waals surface area contributed by atoms with Crippen molar-refractivity contribution in [2.45, 2.75) is 12.8 Å². The van der Waals surface area contributed by atoms with Crippen LogP contribution in [0, 0.1) is 0 Å². The Balaban J connectivity index is 2.23. The highest BCUT2D eigenvalue weighted by atomic mass is 16.5. The first-order valence-corrected chi connectivity index (χ1v) is 7.68. The molecule has 0 unspecified atom stereocenters. The predicted molar refractivity (Wildman–Crippen MR) is 90.3 cm³/mol. The lowest BCUT2D eigenvalue weighted by atomic mass is 9.83. The van der Waals surface area contributed by atoms with Crippen molar-refractivity contribution in [1.82, 2.24) is 0 Å². The van der Waals surface area contributed by atoms with Crippen molar-refractivity contribution >= 4 is 5.97 Å². The monoisotopic (exact) mass is 328 g/mol. The standard InChI is InChI=1S/C19H20O5/c1-21-16-8-7-12-13(18(16)23-3)6-5-11-9-17(22-2)15(10-14(11)12)19(20)24-4/h7-10H,5-6H2,1-4H3. The number of hydrogen-bond acceptors (Lipinski definition) is 5. The van der Waals surface area contributed by atoms with Gasteiger partial charge in [-0.2, -0.15) is 0 Å². The Bertz CT molecular complexity index is 795. The van der Waals surface area contributed by atoms with Crippen LogP contribution in [-0.4, -0.2) is 34.4 Å². The molecule has 0 heterocycles. The average molecular weight is 328 g/mol. The van der Waals surface area contributed by atoms with Crippen LogP contribution in [-0.2, 0) is 17.6 Å². The van der Waals surface area contributed by atoms with Gasteiger partial charge >= 0.3 is 5.97 Å². The van der Waals surface area contributed by atoms with Crippen molar-refractivity contribution in [2.75, 3.05) is 28.4 Å². The van der Waals surface area contributed by atoms with E-state index in [1.54, 1.807) is 21.3 Å². The number of fused-ring (bicyclic) bond motifs is 3. The lowest BCUT2D eigenvalue weighted by Gasteiger charge is -2.24. The van der Waals surface area contributed by atoms with E-state index in [4.69, 9.17) is 18.9 Å². The molecule has 1 aliphatic rings. The van der Waals surface area contributed by atoms with Crippen LogP contribution in [0.15, 0.2) is 24.3 Å². The Morgan fingerprint density at radius 1 is 0.875 bits per heavy atom. The Morgan fingerprint density at radius 2 is 1.62 bits per heavy atom. The molecular weight excluding hydrogens is 308 g/mol. The molecule has 0 fully saturated rings. The number of methoxy groups -OCH3 is 4. The molecule has 0 spiro atoms. The van der Waals surface area contributed by atoms with Crippen LogP contribution in [0.3, 0.4) is 0 Å². The largest absolute Gasteiger partial charge is 0.496 e. The molecule has 0 saturated carbocycles. The summed E-state index contributed by atoms with van der Waals surface area (Å²) in [5.41, 5.74) is 4.69. The molecule has 24 heavy (non-hydrogen) atoms. The number of rotatable bonds is 4. The quantitative estimate of drug-likeness (QED) is 0.806. The minimum Gasteiger partial charge on any atom is -0.496 e. The highest BCUT2D eigenvalue weighted by Gasteiger charge is 2.25. The minimum atomic E-state index is -0.415. The van der Waals surface area contributed by atoms with Gasteiger partial charge in [-0.05, 0) is 47.7 Å². The maximum absolute atomic E-state index is 12.1. The molecule has 0 atom stereocenters. The zero-order valence-corrected chi connectivity index (χ0v) is 14.3. The number of benzene rings is 2. The van der Waals surface area contributed by atoms with E-state index in [0.717, 1.165) is 40.8 Å². The molecule has 0 aliphatic heterocycles. The molecule has 2 aromatic carbocycles. The van der Waals surface area contributed by atoms with E-state index in [9.17, 15) is 4.79 Å². The van der Waals surface area contributed by atoms with Gasteiger partial charge in [0.1, 0.15) is 11.3 Å². The van der Waals surface area contributed by atoms with Gasteiger partial charge in [-0.15, -0.1) is 0 Å². The summed E-state index contributed by atoms with van der Waals surface area (Å²) in [5.74, 6) is 1.57. The summed E-state index contributed by atoms with van der Waals surface area (Å²) in [6.45, 7) is 0. The molecule has 3 rings (SSSR count). The second-order valence-electron chi connectivity index (χ2n) is 5.53. The van der Waals surface area contributed by atoms with Gasteiger partial charge in [0.25, 0.3) is 0 Å². The van der Waals surface area contributed by atoms with Crippen molar-refractivity contribution in [1.29, 1.82) is 0 Å². The summed E-state index contributed by atoms with van der Waals surface area (Å²) in [6, 6.07) is 7.64. The third kappa shape index (κ3) is 2.46. The van der Waals surface area contributed by atoms with E-state index in [-0.39, 0.29) is 0 Å². The first-order valence-electron chi connectivity index (χ1n) is 7.68. The van der Waals surface area contributed by atoms with Gasteiger partial charge < -0.3 is 18.9 Å². The Labute approximate surface area is 141 Å². The van der Waals surface area contributed by atoms with Gasteiger partial charge in [-0.1, -0.05) is 6.07 Å². The second kappa shape index (κ2) is 6.43. The van der Waals surface area contributed by atoms with Crippen molar-refractivity contribution < 1.29 is 23.7 Å². The molecule has 126 valence electrons. The van der Waals surface area contributed by atoms with E-state index in [2.05, 4.69) is 0 Å². The number of esters is 1. The van der Waals surface area contributed by atoms with Gasteiger partial charge in [0.05, 0.1) is 28.4 Å². The van der Waals surface area contributed by atoms with Crippen molar-refractivity contribution in [3.63, 3.8) is 0 Å². The fraction of sp³-hybridized carbons (Fsp3) is 0.316. The molecule has 1 aliphatic carbocycles. The zero-order valence-electron chi connectivity index (χ0n) is 14.3. The second-order valence-corrected chi connectivity index (χ2v) is 5.53. The normalized spacial score (nSPS) is 12.0. The Kier molecular flexibility index (Phi) is 4.34. The molecule has 2 aromatic rings. The van der Waals surface area contributed by atoms with Gasteiger partial charge in [-0.3, -0.25) is 0 Å². The zero-order chi connectivity index (χ0) is 17.3. The number of hydrogen-bond donors (Lipinski definition) is 0. The van der Waals surface area contributed by atoms with Crippen LogP contribution < -0.4 is 14.2 Å². The third-order valence-corrected chi connectivity index (χ3v) is 4.41. The third-order valence-electron chi connectivity index (χ3n) is 4.41. The lowest BCUT2D eigenvalue weighted by Crippen LogP contribution is -2.10. The first-order chi connectivity index (χ1) is 11.6. The molecule has 5 nitrogen and oxygen atoms in total. The Morgan fingerprint density at radius 3 is 2.25 bits per heavy atom. The molecule has 5 heteroatoms. The highest BCUT2D eigenvalue weighted by molar-refractivity contribution is 5.95. The van der Waals surface area contributed by atoms with Gasteiger partial charge in [0, 0.05) is 5.56 Å². The number of aryl methyl sites for hydroxylation is 1.